The summed E-state index contributed by atoms with van der Waals surface area (Å²) >= 11 is 1.24. The molecule has 1 aliphatic heterocycles. The molecule has 2 heterocycles. The maximum atomic E-state index is 12.4. The number of hydrogen-bond acceptors (Lipinski definition) is 8. The summed E-state index contributed by atoms with van der Waals surface area (Å²) in [6.07, 6.45) is 0. The van der Waals surface area contributed by atoms with Gasteiger partial charge >= 0.3 is 10.3 Å². The van der Waals surface area contributed by atoms with Crippen molar-refractivity contribution in [3.05, 3.63) is 22.4 Å². The molecule has 1 aromatic heterocycles. The summed E-state index contributed by atoms with van der Waals surface area (Å²) in [5.41, 5.74) is 5.24. The topological polar surface area (TPSA) is 151 Å². The zero-order valence-electron chi connectivity index (χ0n) is 12.6. The number of β-lactam (4-membered cyclic amide) rings is 1. The van der Waals surface area contributed by atoms with Gasteiger partial charge in [0.15, 0.2) is 5.71 Å². The van der Waals surface area contributed by atoms with Crippen LogP contribution in [0.5, 0.6) is 0 Å². The number of nitrogens with two attached hydrogens (primary N) is 1. The number of carbonyl (C=O) groups is 2. The minimum absolute atomic E-state index is 0.0521. The van der Waals surface area contributed by atoms with E-state index in [9.17, 15) is 18.0 Å². The summed E-state index contributed by atoms with van der Waals surface area (Å²) in [6, 6.07) is 1.36. The van der Waals surface area contributed by atoms with Gasteiger partial charge in [-0.2, -0.15) is 8.42 Å². The maximum absolute atomic E-state index is 12.4. The molecule has 1 unspecified atom stereocenters. The van der Waals surface area contributed by atoms with Crippen LogP contribution in [0, 0.1) is 0 Å². The van der Waals surface area contributed by atoms with E-state index >= 15 is 0 Å². The monoisotopic (exact) mass is 376 g/mol. The predicted octanol–water partition coefficient (Wildman–Crippen LogP) is -1.05. The number of thiophene rings is 1. The van der Waals surface area contributed by atoms with Crippen LogP contribution in [0.25, 0.3) is 0 Å². The van der Waals surface area contributed by atoms with E-state index in [1.54, 1.807) is 17.5 Å². The van der Waals surface area contributed by atoms with Crippen molar-refractivity contribution in [1.82, 2.24) is 9.62 Å². The van der Waals surface area contributed by atoms with Crippen LogP contribution in [0.3, 0.4) is 0 Å². The average molecular weight is 376 g/mol. The number of hydrogen-bond donors (Lipinski definition) is 3. The molecule has 0 saturated carbocycles. The van der Waals surface area contributed by atoms with Crippen molar-refractivity contribution >= 4 is 39.2 Å². The number of nitrogens with one attached hydrogen (secondary N) is 1. The van der Waals surface area contributed by atoms with E-state index in [0.29, 0.717) is 9.18 Å². The summed E-state index contributed by atoms with van der Waals surface area (Å²) < 4.78 is 31.3. The minimum Gasteiger partial charge on any atom is -0.394 e. The molecule has 24 heavy (non-hydrogen) atoms. The Balaban J connectivity index is 2.12. The lowest BCUT2D eigenvalue weighted by Crippen LogP contribution is -2.71. The van der Waals surface area contributed by atoms with Gasteiger partial charge in [0.25, 0.3) is 11.8 Å². The summed E-state index contributed by atoms with van der Waals surface area (Å²) in [5, 5.41) is 7.85. The highest BCUT2D eigenvalue weighted by Crippen LogP contribution is 2.23. The molecule has 132 valence electrons. The van der Waals surface area contributed by atoms with E-state index in [2.05, 4.69) is 10.5 Å². The summed E-state index contributed by atoms with van der Waals surface area (Å²) in [7, 11) is -4.65. The van der Waals surface area contributed by atoms with Crippen LogP contribution < -0.4 is 11.1 Å². The molecule has 12 heteroatoms. The number of nitrogens with zero attached hydrogens (tertiary/aromatic N) is 2. The number of rotatable bonds is 7. The Morgan fingerprint density at radius 1 is 1.58 bits per heavy atom. The van der Waals surface area contributed by atoms with Gasteiger partial charge in [0.05, 0.1) is 10.9 Å². The van der Waals surface area contributed by atoms with Crippen LogP contribution >= 0.6 is 11.3 Å². The quantitative estimate of drug-likeness (QED) is 0.180. The molecule has 2 rings (SSSR count). The van der Waals surface area contributed by atoms with Crippen LogP contribution in [0.15, 0.2) is 22.7 Å². The number of oxime groups is 1. The normalized spacial score (nSPS) is 21.4. The zero-order chi connectivity index (χ0) is 17.9. The Kier molecular flexibility index (Phi) is 5.54. The van der Waals surface area contributed by atoms with E-state index in [1.807, 2.05) is 0 Å². The van der Waals surface area contributed by atoms with Gasteiger partial charge in [0, 0.05) is 6.54 Å². The maximum Gasteiger partial charge on any atom is 0.362 e. The van der Waals surface area contributed by atoms with Gasteiger partial charge in [-0.25, -0.2) is 4.31 Å². The molecular formula is C12H16N4O6S2. The zero-order valence-corrected chi connectivity index (χ0v) is 14.2. The molecule has 0 radical (unpaired) electrons. The Morgan fingerprint density at radius 2 is 2.29 bits per heavy atom. The van der Waals surface area contributed by atoms with Gasteiger partial charge < -0.3 is 15.9 Å². The standard InChI is InChI=1S/C12H16N4O6S2/c1-7-9(12(18)16(7)24(19,20)21)14-11(17)10(15-22-5-4-13)8-3-2-6-23-8/h2-3,6-7,9H,4-5,13H2,1H3,(H,14,17)(H,19,20,21)/b15-10+/t7-,9?/m0/s1. The van der Waals surface area contributed by atoms with Crippen molar-refractivity contribution in [2.45, 2.75) is 19.0 Å². The molecule has 2 atom stereocenters. The van der Waals surface area contributed by atoms with E-state index in [4.69, 9.17) is 15.1 Å². The molecule has 1 aromatic rings. The Morgan fingerprint density at radius 3 is 2.79 bits per heavy atom. The first kappa shape index (κ1) is 18.3. The third kappa shape index (κ3) is 3.72. The summed E-state index contributed by atoms with van der Waals surface area (Å²) in [6.45, 7) is 1.70. The van der Waals surface area contributed by atoms with E-state index in [-0.39, 0.29) is 18.9 Å². The Hall–Kier alpha value is -2.02. The SMILES string of the molecule is C[C@H]1C(NC(=O)/C(=N/OCCN)c2cccs2)C(=O)N1S(=O)(=O)O. The first-order valence-electron chi connectivity index (χ1n) is 6.82. The van der Waals surface area contributed by atoms with Gasteiger partial charge in [0.2, 0.25) is 0 Å². The lowest BCUT2D eigenvalue weighted by molar-refractivity contribution is -0.143. The second-order valence-corrected chi connectivity index (χ2v) is 7.08. The fourth-order valence-corrected chi connectivity index (χ4v) is 3.67. The molecule has 4 N–H and O–H groups in total. The van der Waals surface area contributed by atoms with Crippen molar-refractivity contribution < 1.29 is 27.4 Å². The average Bonchev–Trinajstić information content (AvgIpc) is 3.01. The van der Waals surface area contributed by atoms with E-state index < -0.39 is 34.2 Å². The lowest BCUT2D eigenvalue weighted by atomic mass is 10.0. The van der Waals surface area contributed by atoms with Crippen molar-refractivity contribution in [2.75, 3.05) is 13.2 Å². The Labute approximate surface area is 142 Å². The first-order chi connectivity index (χ1) is 11.3. The van der Waals surface area contributed by atoms with E-state index in [1.165, 1.54) is 18.3 Å². The Bertz CT molecular complexity index is 746. The highest BCUT2D eigenvalue weighted by atomic mass is 32.2. The molecule has 0 aromatic carbocycles. The highest BCUT2D eigenvalue weighted by molar-refractivity contribution is 7.84. The first-order valence-corrected chi connectivity index (χ1v) is 9.10. The number of carbonyl (C=O) groups excluding carboxylic acids is 2. The summed E-state index contributed by atoms with van der Waals surface area (Å²) in [5.74, 6) is -1.62. The smallest absolute Gasteiger partial charge is 0.362 e. The van der Waals surface area contributed by atoms with Crippen molar-refractivity contribution in [1.29, 1.82) is 0 Å². The molecule has 1 saturated heterocycles. The lowest BCUT2D eigenvalue weighted by Gasteiger charge is -2.42. The molecule has 1 aliphatic rings. The third-order valence-corrected chi connectivity index (χ3v) is 5.09. The van der Waals surface area contributed by atoms with E-state index in [0.717, 1.165) is 0 Å². The van der Waals surface area contributed by atoms with Gasteiger partial charge in [-0.1, -0.05) is 11.2 Å². The minimum atomic E-state index is -4.65. The van der Waals surface area contributed by atoms with Crippen LogP contribution in [0.4, 0.5) is 0 Å². The molecule has 0 spiro atoms. The van der Waals surface area contributed by atoms with Gasteiger partial charge in [-0.05, 0) is 18.4 Å². The van der Waals surface area contributed by atoms with Crippen molar-refractivity contribution in [2.24, 2.45) is 10.9 Å². The molecule has 2 amide bonds. The molecular weight excluding hydrogens is 360 g/mol. The second-order valence-electron chi connectivity index (χ2n) is 4.84. The molecule has 10 nitrogen and oxygen atoms in total. The molecule has 1 fully saturated rings. The van der Waals surface area contributed by atoms with Crippen LogP contribution in [-0.4, -0.2) is 60.0 Å². The second kappa shape index (κ2) is 7.25. The van der Waals surface area contributed by atoms with Gasteiger partial charge in [0.1, 0.15) is 12.6 Å². The summed E-state index contributed by atoms with van der Waals surface area (Å²) in [4.78, 5) is 29.6. The van der Waals surface area contributed by atoms with Crippen molar-refractivity contribution in [3.63, 3.8) is 0 Å². The molecule has 0 aliphatic carbocycles. The number of amides is 2. The highest BCUT2D eigenvalue weighted by Gasteiger charge is 2.51. The van der Waals surface area contributed by atoms with Crippen molar-refractivity contribution in [3.8, 4) is 0 Å². The fourth-order valence-electron chi connectivity index (χ4n) is 2.09. The predicted molar refractivity (Wildman–Crippen MR) is 85.6 cm³/mol. The molecule has 0 bridgehead atoms. The van der Waals surface area contributed by atoms with Crippen LogP contribution in [0.2, 0.25) is 0 Å². The fraction of sp³-hybridized carbons (Fsp3) is 0.417. The van der Waals surface area contributed by atoms with Crippen LogP contribution in [-0.2, 0) is 24.7 Å². The van der Waals surface area contributed by atoms with Crippen LogP contribution in [0.1, 0.15) is 11.8 Å². The largest absolute Gasteiger partial charge is 0.394 e. The third-order valence-electron chi connectivity index (χ3n) is 3.21. The van der Waals surface area contributed by atoms with Gasteiger partial charge in [-0.15, -0.1) is 11.3 Å². The van der Waals surface area contributed by atoms with Gasteiger partial charge in [-0.3, -0.25) is 14.1 Å².